The molecule has 1 amide bonds. The predicted molar refractivity (Wildman–Crippen MR) is 91.8 cm³/mol. The van der Waals surface area contributed by atoms with E-state index in [1.165, 1.54) is 0 Å². The van der Waals surface area contributed by atoms with Crippen LogP contribution in [0.5, 0.6) is 0 Å². The molecule has 0 aliphatic rings. The number of carbonyl (C=O) groups is 1. The van der Waals surface area contributed by atoms with E-state index in [9.17, 15) is 4.79 Å². The number of hydrogen-bond donors (Lipinski definition) is 1. The number of methoxy groups -OCH3 is 1. The van der Waals surface area contributed by atoms with Gasteiger partial charge in [-0.2, -0.15) is 5.10 Å². The van der Waals surface area contributed by atoms with Gasteiger partial charge in [-0.25, -0.2) is 0 Å². The molecule has 1 N–H and O–H groups in total. The van der Waals surface area contributed by atoms with Crippen molar-refractivity contribution in [3.05, 3.63) is 66.1 Å². The first-order valence-corrected chi connectivity index (χ1v) is 7.33. The molecule has 0 saturated carbocycles. The summed E-state index contributed by atoms with van der Waals surface area (Å²) in [6.07, 6.45) is 2.21. The molecule has 0 aliphatic heterocycles. The van der Waals surface area contributed by atoms with E-state index < -0.39 is 0 Å². The summed E-state index contributed by atoms with van der Waals surface area (Å²) in [5.41, 5.74) is 2.63. The van der Waals surface area contributed by atoms with Gasteiger partial charge >= 0.3 is 0 Å². The Morgan fingerprint density at radius 2 is 2.09 bits per heavy atom. The lowest BCUT2D eigenvalue weighted by Crippen LogP contribution is -2.14. The van der Waals surface area contributed by atoms with Crippen molar-refractivity contribution in [1.82, 2.24) is 9.78 Å². The lowest BCUT2D eigenvalue weighted by atomic mass is 10.1. The number of nitrogens with zero attached hydrogens (tertiary/aromatic N) is 2. The summed E-state index contributed by atoms with van der Waals surface area (Å²) in [6.45, 7) is 5.77. The van der Waals surface area contributed by atoms with Crippen molar-refractivity contribution >= 4 is 17.3 Å². The average molecular weight is 311 g/mol. The number of anilines is 1. The lowest BCUT2D eigenvalue weighted by molar-refractivity contribution is -0.115. The highest BCUT2D eigenvalue weighted by Crippen LogP contribution is 2.24. The van der Waals surface area contributed by atoms with Gasteiger partial charge in [0, 0.05) is 18.7 Å². The molecule has 0 spiro atoms. The Kier molecular flexibility index (Phi) is 5.36. The minimum Gasteiger partial charge on any atom is -0.497 e. The van der Waals surface area contributed by atoms with Crippen LogP contribution in [0.15, 0.2) is 54.8 Å². The van der Waals surface area contributed by atoms with Crippen LogP contribution in [0.4, 0.5) is 5.82 Å². The fourth-order valence-electron chi connectivity index (χ4n) is 2.31. The van der Waals surface area contributed by atoms with E-state index in [4.69, 9.17) is 4.74 Å². The van der Waals surface area contributed by atoms with Gasteiger partial charge < -0.3 is 10.1 Å². The molecule has 5 nitrogen and oxygen atoms in total. The second-order valence-corrected chi connectivity index (χ2v) is 5.08. The molecule has 2 aromatic rings. The summed E-state index contributed by atoms with van der Waals surface area (Å²) in [6, 6.07) is 11.4. The smallest absolute Gasteiger partial charge is 0.229 e. The van der Waals surface area contributed by atoms with Crippen LogP contribution in [0.2, 0.25) is 0 Å². The number of aromatic nitrogens is 2. The van der Waals surface area contributed by atoms with Gasteiger partial charge in [0.1, 0.15) is 5.76 Å². The van der Waals surface area contributed by atoms with Crippen molar-refractivity contribution in [2.75, 3.05) is 12.4 Å². The third-order valence-corrected chi connectivity index (χ3v) is 3.47. The molecule has 23 heavy (non-hydrogen) atoms. The molecule has 0 atom stereocenters. The number of aryl methyl sites for hydroxylation is 1. The zero-order chi connectivity index (χ0) is 16.8. The largest absolute Gasteiger partial charge is 0.497 e. The first kappa shape index (κ1) is 16.5. The van der Waals surface area contributed by atoms with Crippen LogP contribution in [-0.4, -0.2) is 22.8 Å². The molecule has 1 heterocycles. The van der Waals surface area contributed by atoms with E-state index in [0.29, 0.717) is 18.0 Å². The lowest BCUT2D eigenvalue weighted by Gasteiger charge is -2.08. The molecule has 0 saturated heterocycles. The standard InChI is InChI=1S/C18H21N3O2/c1-5-15(13(2)23-4)16-12-17(20-21(16)3)19-18(22)11-14-9-7-6-8-10-14/h5-10,12H,2,11H2,1,3-4H3,(H,19,20,22)/b15-5+. The van der Waals surface area contributed by atoms with Crippen LogP contribution in [0.25, 0.3) is 5.57 Å². The fraction of sp³-hybridized carbons (Fsp3) is 0.222. The van der Waals surface area contributed by atoms with Gasteiger partial charge in [0.2, 0.25) is 5.91 Å². The summed E-state index contributed by atoms with van der Waals surface area (Å²) in [4.78, 5) is 12.1. The maximum Gasteiger partial charge on any atom is 0.229 e. The normalized spacial score (nSPS) is 11.2. The van der Waals surface area contributed by atoms with E-state index in [1.54, 1.807) is 11.8 Å². The summed E-state index contributed by atoms with van der Waals surface area (Å²) < 4.78 is 6.88. The molecule has 120 valence electrons. The van der Waals surface area contributed by atoms with Crippen LogP contribution >= 0.6 is 0 Å². The SMILES string of the molecule is C=C(OC)/C(=C\C)c1cc(NC(=O)Cc2ccccc2)nn1C. The highest BCUT2D eigenvalue weighted by molar-refractivity contribution is 5.92. The van der Waals surface area contributed by atoms with E-state index in [2.05, 4.69) is 17.0 Å². The fourth-order valence-corrected chi connectivity index (χ4v) is 2.31. The Labute approximate surface area is 136 Å². The molecule has 1 aromatic carbocycles. The third-order valence-electron chi connectivity index (χ3n) is 3.47. The molecule has 2 rings (SSSR count). The molecule has 0 aliphatic carbocycles. The van der Waals surface area contributed by atoms with Gasteiger partial charge in [0.05, 0.1) is 19.2 Å². The molecule has 0 radical (unpaired) electrons. The maximum atomic E-state index is 12.1. The monoisotopic (exact) mass is 311 g/mol. The Bertz CT molecular complexity index is 730. The Morgan fingerprint density at radius 1 is 1.39 bits per heavy atom. The highest BCUT2D eigenvalue weighted by atomic mass is 16.5. The molecular formula is C18H21N3O2. The van der Waals surface area contributed by atoms with E-state index in [1.807, 2.05) is 56.4 Å². The van der Waals surface area contributed by atoms with E-state index in [-0.39, 0.29) is 5.91 Å². The van der Waals surface area contributed by atoms with E-state index in [0.717, 1.165) is 16.8 Å². The van der Waals surface area contributed by atoms with Gasteiger partial charge in [-0.05, 0) is 12.5 Å². The van der Waals surface area contributed by atoms with Crippen molar-refractivity contribution in [1.29, 1.82) is 0 Å². The van der Waals surface area contributed by atoms with Gasteiger partial charge in [-0.1, -0.05) is 43.0 Å². The topological polar surface area (TPSA) is 56.1 Å². The summed E-state index contributed by atoms with van der Waals surface area (Å²) in [7, 11) is 3.39. The minimum absolute atomic E-state index is 0.103. The van der Waals surface area contributed by atoms with Gasteiger partial charge in [-0.15, -0.1) is 0 Å². The Hall–Kier alpha value is -2.82. The van der Waals surface area contributed by atoms with Crippen molar-refractivity contribution in [3.63, 3.8) is 0 Å². The highest BCUT2D eigenvalue weighted by Gasteiger charge is 2.14. The van der Waals surface area contributed by atoms with Crippen LogP contribution < -0.4 is 5.32 Å². The first-order chi connectivity index (χ1) is 11.0. The number of nitrogens with one attached hydrogen (secondary N) is 1. The molecule has 0 unspecified atom stereocenters. The second kappa shape index (κ2) is 7.45. The summed E-state index contributed by atoms with van der Waals surface area (Å²) >= 11 is 0. The van der Waals surface area contributed by atoms with Crippen LogP contribution in [0.1, 0.15) is 18.2 Å². The first-order valence-electron chi connectivity index (χ1n) is 7.33. The summed E-state index contributed by atoms with van der Waals surface area (Å²) in [5, 5.41) is 7.14. The van der Waals surface area contributed by atoms with Crippen molar-refractivity contribution in [2.45, 2.75) is 13.3 Å². The molecule has 1 aromatic heterocycles. The van der Waals surface area contributed by atoms with Gasteiger partial charge in [0.15, 0.2) is 5.82 Å². The van der Waals surface area contributed by atoms with Crippen molar-refractivity contribution < 1.29 is 9.53 Å². The van der Waals surface area contributed by atoms with Gasteiger partial charge in [0.25, 0.3) is 0 Å². The predicted octanol–water partition coefficient (Wildman–Crippen LogP) is 3.16. The number of allylic oxidation sites excluding steroid dienone is 2. The van der Waals surface area contributed by atoms with Crippen molar-refractivity contribution in [3.8, 4) is 0 Å². The minimum atomic E-state index is -0.103. The number of rotatable bonds is 6. The zero-order valence-electron chi connectivity index (χ0n) is 13.7. The summed E-state index contributed by atoms with van der Waals surface area (Å²) in [5.74, 6) is 0.956. The Balaban J connectivity index is 2.12. The van der Waals surface area contributed by atoms with Crippen LogP contribution in [-0.2, 0) is 23.0 Å². The van der Waals surface area contributed by atoms with E-state index >= 15 is 0 Å². The van der Waals surface area contributed by atoms with Gasteiger partial charge in [-0.3, -0.25) is 9.48 Å². The number of hydrogen-bond acceptors (Lipinski definition) is 3. The third kappa shape index (κ3) is 4.10. The van der Waals surface area contributed by atoms with Crippen molar-refractivity contribution in [2.24, 2.45) is 7.05 Å². The molecule has 0 bridgehead atoms. The van der Waals surface area contributed by atoms with Crippen LogP contribution in [0.3, 0.4) is 0 Å². The van der Waals surface area contributed by atoms with Crippen LogP contribution in [0, 0.1) is 0 Å². The number of carbonyl (C=O) groups excluding carboxylic acids is 1. The number of benzene rings is 1. The Morgan fingerprint density at radius 3 is 2.70 bits per heavy atom. The average Bonchev–Trinajstić information content (AvgIpc) is 2.89. The second-order valence-electron chi connectivity index (χ2n) is 5.08. The molecular weight excluding hydrogens is 290 g/mol. The molecule has 5 heteroatoms. The number of ether oxygens (including phenoxy) is 1. The quantitative estimate of drug-likeness (QED) is 0.658. The molecule has 0 fully saturated rings. The number of amides is 1. The maximum absolute atomic E-state index is 12.1. The zero-order valence-corrected chi connectivity index (χ0v) is 13.7.